The Bertz CT molecular complexity index is 141. The van der Waals surface area contributed by atoms with Gasteiger partial charge in [-0.1, -0.05) is 6.92 Å². The zero-order chi connectivity index (χ0) is 9.68. The molecule has 0 aromatic rings. The van der Waals surface area contributed by atoms with Gasteiger partial charge in [-0.3, -0.25) is 0 Å². The van der Waals surface area contributed by atoms with Crippen molar-refractivity contribution in [2.24, 2.45) is 5.92 Å². The van der Waals surface area contributed by atoms with Crippen molar-refractivity contribution in [2.75, 3.05) is 13.2 Å². The van der Waals surface area contributed by atoms with Crippen LogP contribution in [0.2, 0.25) is 0 Å². The number of aliphatic hydroxyl groups is 2. The van der Waals surface area contributed by atoms with Crippen LogP contribution in [0.25, 0.3) is 0 Å². The maximum atomic E-state index is 9.52. The molecule has 1 rings (SSSR count). The van der Waals surface area contributed by atoms with Gasteiger partial charge < -0.3 is 15.5 Å². The molecule has 1 aliphatic carbocycles. The summed E-state index contributed by atoms with van der Waals surface area (Å²) in [4.78, 5) is 0. The maximum Gasteiger partial charge on any atom is 0.0693 e. The lowest BCUT2D eigenvalue weighted by Gasteiger charge is -2.19. The van der Waals surface area contributed by atoms with Crippen LogP contribution in [-0.2, 0) is 0 Å². The first-order valence-electron chi connectivity index (χ1n) is 5.26. The predicted molar refractivity (Wildman–Crippen MR) is 52.5 cm³/mol. The topological polar surface area (TPSA) is 52.5 Å². The van der Waals surface area contributed by atoms with Crippen LogP contribution >= 0.6 is 0 Å². The molecule has 3 atom stereocenters. The van der Waals surface area contributed by atoms with Crippen LogP contribution in [0.15, 0.2) is 0 Å². The molecule has 0 amide bonds. The molecule has 78 valence electrons. The second-order valence-corrected chi connectivity index (χ2v) is 4.13. The molecule has 0 radical (unpaired) electrons. The molecule has 0 spiro atoms. The van der Waals surface area contributed by atoms with Crippen LogP contribution in [0.4, 0.5) is 0 Å². The molecule has 3 heteroatoms. The summed E-state index contributed by atoms with van der Waals surface area (Å²) in [5, 5.41) is 21.6. The third kappa shape index (κ3) is 3.63. The minimum absolute atomic E-state index is 0.152. The molecular weight excluding hydrogens is 166 g/mol. The summed E-state index contributed by atoms with van der Waals surface area (Å²) < 4.78 is 0. The zero-order valence-electron chi connectivity index (χ0n) is 8.37. The second kappa shape index (κ2) is 5.58. The molecule has 1 aliphatic rings. The monoisotopic (exact) mass is 187 g/mol. The highest BCUT2D eigenvalue weighted by molar-refractivity contribution is 4.82. The van der Waals surface area contributed by atoms with E-state index < -0.39 is 0 Å². The van der Waals surface area contributed by atoms with Gasteiger partial charge in [-0.25, -0.2) is 0 Å². The van der Waals surface area contributed by atoms with Gasteiger partial charge in [0.05, 0.1) is 6.10 Å². The predicted octanol–water partition coefficient (Wildman–Crippen LogP) is 0.508. The van der Waals surface area contributed by atoms with Crippen molar-refractivity contribution in [3.63, 3.8) is 0 Å². The maximum absolute atomic E-state index is 9.52. The van der Waals surface area contributed by atoms with E-state index in [9.17, 15) is 5.11 Å². The standard InChI is InChI=1S/C10H21NO2/c1-8(5-6-12)7-11-9-3-2-4-10(9)13/h8-13H,2-7H2,1H3. The third-order valence-corrected chi connectivity index (χ3v) is 2.83. The fourth-order valence-electron chi connectivity index (χ4n) is 1.85. The van der Waals surface area contributed by atoms with Gasteiger partial charge in [0.15, 0.2) is 0 Å². The van der Waals surface area contributed by atoms with Gasteiger partial charge in [0.1, 0.15) is 0 Å². The minimum atomic E-state index is -0.152. The Kier molecular flexibility index (Phi) is 4.70. The first-order valence-corrected chi connectivity index (χ1v) is 5.26. The van der Waals surface area contributed by atoms with Gasteiger partial charge >= 0.3 is 0 Å². The third-order valence-electron chi connectivity index (χ3n) is 2.83. The lowest BCUT2D eigenvalue weighted by atomic mass is 10.1. The highest BCUT2D eigenvalue weighted by Gasteiger charge is 2.24. The summed E-state index contributed by atoms with van der Waals surface area (Å²) in [6, 6.07) is 0.293. The van der Waals surface area contributed by atoms with E-state index in [0.29, 0.717) is 12.0 Å². The minimum Gasteiger partial charge on any atom is -0.396 e. The van der Waals surface area contributed by atoms with Crippen molar-refractivity contribution < 1.29 is 10.2 Å². The fourth-order valence-corrected chi connectivity index (χ4v) is 1.85. The summed E-state index contributed by atoms with van der Waals surface area (Å²) >= 11 is 0. The van der Waals surface area contributed by atoms with Crippen LogP contribution < -0.4 is 5.32 Å². The lowest BCUT2D eigenvalue weighted by molar-refractivity contribution is 0.145. The Labute approximate surface area is 80.2 Å². The van der Waals surface area contributed by atoms with Crippen LogP contribution in [0.3, 0.4) is 0 Å². The molecule has 0 saturated heterocycles. The van der Waals surface area contributed by atoms with Gasteiger partial charge in [0, 0.05) is 12.6 Å². The van der Waals surface area contributed by atoms with Gasteiger partial charge in [-0.2, -0.15) is 0 Å². The van der Waals surface area contributed by atoms with Crippen molar-refractivity contribution in [3.8, 4) is 0 Å². The molecule has 0 heterocycles. The first-order chi connectivity index (χ1) is 6.24. The lowest BCUT2D eigenvalue weighted by Crippen LogP contribution is -2.38. The van der Waals surface area contributed by atoms with Gasteiger partial charge in [0.25, 0.3) is 0 Å². The van der Waals surface area contributed by atoms with Crippen molar-refractivity contribution >= 4 is 0 Å². The SMILES string of the molecule is CC(CCO)CNC1CCCC1O. The molecule has 0 aliphatic heterocycles. The Morgan fingerprint density at radius 3 is 2.77 bits per heavy atom. The average molecular weight is 187 g/mol. The van der Waals surface area contributed by atoms with E-state index in [0.717, 1.165) is 32.2 Å². The highest BCUT2D eigenvalue weighted by atomic mass is 16.3. The molecule has 0 aromatic heterocycles. The number of hydrogen-bond acceptors (Lipinski definition) is 3. The van der Waals surface area contributed by atoms with Crippen LogP contribution in [0.5, 0.6) is 0 Å². The Balaban J connectivity index is 2.10. The molecule has 3 unspecified atom stereocenters. The van der Waals surface area contributed by atoms with Crippen LogP contribution in [0.1, 0.15) is 32.6 Å². The Morgan fingerprint density at radius 2 is 2.23 bits per heavy atom. The summed E-state index contributed by atoms with van der Waals surface area (Å²) in [6.07, 6.45) is 3.85. The van der Waals surface area contributed by atoms with Crippen molar-refractivity contribution in [3.05, 3.63) is 0 Å². The second-order valence-electron chi connectivity index (χ2n) is 4.13. The molecule has 3 nitrogen and oxygen atoms in total. The zero-order valence-corrected chi connectivity index (χ0v) is 8.37. The van der Waals surface area contributed by atoms with Gasteiger partial charge in [-0.15, -0.1) is 0 Å². The molecule has 0 bridgehead atoms. The molecule has 3 N–H and O–H groups in total. The summed E-state index contributed by atoms with van der Waals surface area (Å²) in [5.74, 6) is 0.498. The summed E-state index contributed by atoms with van der Waals surface area (Å²) in [7, 11) is 0. The molecule has 1 fully saturated rings. The first kappa shape index (κ1) is 11.0. The van der Waals surface area contributed by atoms with Crippen molar-refractivity contribution in [1.29, 1.82) is 0 Å². The number of aliphatic hydroxyl groups excluding tert-OH is 2. The quantitative estimate of drug-likeness (QED) is 0.588. The van der Waals surface area contributed by atoms with E-state index in [4.69, 9.17) is 5.11 Å². The average Bonchev–Trinajstić information content (AvgIpc) is 2.48. The van der Waals surface area contributed by atoms with Crippen LogP contribution in [-0.4, -0.2) is 35.5 Å². The van der Waals surface area contributed by atoms with E-state index in [1.54, 1.807) is 0 Å². The highest BCUT2D eigenvalue weighted by Crippen LogP contribution is 2.18. The van der Waals surface area contributed by atoms with Crippen molar-refractivity contribution in [1.82, 2.24) is 5.32 Å². The van der Waals surface area contributed by atoms with Gasteiger partial charge in [-0.05, 0) is 38.1 Å². The largest absolute Gasteiger partial charge is 0.396 e. The van der Waals surface area contributed by atoms with Crippen molar-refractivity contribution in [2.45, 2.75) is 44.8 Å². The number of hydrogen-bond donors (Lipinski definition) is 3. The summed E-state index contributed by atoms with van der Waals surface area (Å²) in [5.41, 5.74) is 0. The van der Waals surface area contributed by atoms with E-state index in [2.05, 4.69) is 12.2 Å². The van der Waals surface area contributed by atoms with Gasteiger partial charge in [0.2, 0.25) is 0 Å². The van der Waals surface area contributed by atoms with E-state index >= 15 is 0 Å². The van der Waals surface area contributed by atoms with Crippen LogP contribution in [0, 0.1) is 5.92 Å². The number of rotatable bonds is 5. The molecule has 1 saturated carbocycles. The van der Waals surface area contributed by atoms with E-state index in [1.165, 1.54) is 0 Å². The number of nitrogens with one attached hydrogen (secondary N) is 1. The van der Waals surface area contributed by atoms with E-state index in [1.807, 2.05) is 0 Å². The normalized spacial score (nSPS) is 30.7. The summed E-state index contributed by atoms with van der Waals surface area (Å²) in [6.45, 7) is 3.28. The molecular formula is C10H21NO2. The van der Waals surface area contributed by atoms with E-state index in [-0.39, 0.29) is 12.7 Å². The Morgan fingerprint density at radius 1 is 1.46 bits per heavy atom. The molecule has 13 heavy (non-hydrogen) atoms. The Hall–Kier alpha value is -0.120. The molecule has 0 aromatic carbocycles. The fraction of sp³-hybridized carbons (Fsp3) is 1.00. The smallest absolute Gasteiger partial charge is 0.0693 e.